The smallest absolute Gasteiger partial charge is 0.337 e. The molecule has 208 valence electrons. The lowest BCUT2D eigenvalue weighted by Crippen LogP contribution is -2.50. The molecule has 1 saturated heterocycles. The van der Waals surface area contributed by atoms with E-state index in [-0.39, 0.29) is 5.91 Å². The van der Waals surface area contributed by atoms with Gasteiger partial charge >= 0.3 is 5.97 Å². The van der Waals surface area contributed by atoms with Gasteiger partial charge in [-0.3, -0.25) is 9.69 Å². The maximum atomic E-state index is 13.2. The minimum Gasteiger partial charge on any atom is -0.465 e. The molecule has 3 aromatic carbocycles. The number of carbonyl (C=O) groups is 2. The Hall–Kier alpha value is -4.18. The van der Waals surface area contributed by atoms with Crippen molar-refractivity contribution in [2.24, 2.45) is 0 Å². The highest BCUT2D eigenvalue weighted by atomic mass is 16.5. The van der Waals surface area contributed by atoms with Crippen LogP contribution in [0.2, 0.25) is 0 Å². The van der Waals surface area contributed by atoms with Crippen LogP contribution in [0.3, 0.4) is 0 Å². The number of hydrogen-bond donors (Lipinski definition) is 3. The zero-order valence-electron chi connectivity index (χ0n) is 23.1. The van der Waals surface area contributed by atoms with Crippen LogP contribution in [0.5, 0.6) is 0 Å². The number of ether oxygens (including phenoxy) is 1. The number of anilines is 3. The molecule has 0 aliphatic carbocycles. The molecular weight excluding hydrogens is 506 g/mol. The van der Waals surface area contributed by atoms with E-state index in [0.717, 1.165) is 43.1 Å². The average Bonchev–Trinajstić information content (AvgIpc) is 3.31. The average molecular weight is 542 g/mol. The normalized spacial score (nSPS) is 17.6. The second-order valence-electron chi connectivity index (χ2n) is 10.2. The first kappa shape index (κ1) is 27.4. The van der Waals surface area contributed by atoms with Gasteiger partial charge in [-0.1, -0.05) is 36.4 Å². The number of aliphatic hydroxyl groups excluding tert-OH is 1. The van der Waals surface area contributed by atoms with Gasteiger partial charge in [-0.25, -0.2) is 4.79 Å². The molecular formula is C31H35N5O4. The van der Waals surface area contributed by atoms with E-state index < -0.39 is 12.2 Å². The Bertz CT molecular complexity index is 1400. The van der Waals surface area contributed by atoms with Crippen LogP contribution in [0, 0.1) is 0 Å². The lowest BCUT2D eigenvalue weighted by molar-refractivity contribution is -0.110. The Balaban J connectivity index is 1.39. The predicted molar refractivity (Wildman–Crippen MR) is 158 cm³/mol. The van der Waals surface area contributed by atoms with Gasteiger partial charge in [0.05, 0.1) is 29.6 Å². The molecule has 3 N–H and O–H groups in total. The maximum absolute atomic E-state index is 13.2. The van der Waals surface area contributed by atoms with Crippen molar-refractivity contribution in [3.05, 3.63) is 89.5 Å². The van der Waals surface area contributed by atoms with Crippen molar-refractivity contribution in [2.75, 3.05) is 69.5 Å². The zero-order valence-corrected chi connectivity index (χ0v) is 23.1. The summed E-state index contributed by atoms with van der Waals surface area (Å²) < 4.78 is 4.83. The van der Waals surface area contributed by atoms with Crippen LogP contribution in [0.1, 0.15) is 21.5 Å². The van der Waals surface area contributed by atoms with E-state index in [9.17, 15) is 14.7 Å². The summed E-state index contributed by atoms with van der Waals surface area (Å²) in [7, 11) is 5.34. The Morgan fingerprint density at radius 2 is 1.73 bits per heavy atom. The number of methoxy groups -OCH3 is 1. The van der Waals surface area contributed by atoms with Crippen molar-refractivity contribution < 1.29 is 19.4 Å². The summed E-state index contributed by atoms with van der Waals surface area (Å²) in [5.74, 6) is -0.721. The minimum atomic E-state index is -0.627. The minimum absolute atomic E-state index is 0.258. The second kappa shape index (κ2) is 11.9. The molecule has 1 fully saturated rings. The number of hydrogen-bond acceptors (Lipinski definition) is 8. The topological polar surface area (TPSA) is 97.4 Å². The first-order chi connectivity index (χ1) is 19.3. The van der Waals surface area contributed by atoms with E-state index in [0.29, 0.717) is 34.6 Å². The molecule has 0 saturated carbocycles. The molecule has 1 atom stereocenters. The number of aliphatic hydroxyl groups is 1. The molecule has 0 aromatic heterocycles. The van der Waals surface area contributed by atoms with E-state index in [1.807, 2.05) is 66.5 Å². The molecule has 0 spiro atoms. The van der Waals surface area contributed by atoms with Crippen LogP contribution in [-0.4, -0.2) is 86.9 Å². The Morgan fingerprint density at radius 3 is 2.40 bits per heavy atom. The standard InChI is InChI=1S/C31H35N5O4/c1-34-15-17-36(18-16-34)20-27(37)35(2)24-12-10-23(11-13-24)32-29(21-7-5-4-6-8-21)28-25-14-9-22(31(39)40-3)19-26(25)33-30(28)38/h4-14,19,27,32,37H,15-18,20H2,1-3H3,(H,33,38)/b29-28-. The molecule has 2 heterocycles. The van der Waals surface area contributed by atoms with E-state index in [4.69, 9.17) is 4.74 Å². The fourth-order valence-corrected chi connectivity index (χ4v) is 5.03. The summed E-state index contributed by atoms with van der Waals surface area (Å²) in [6, 6.07) is 22.5. The quantitative estimate of drug-likeness (QED) is 0.227. The van der Waals surface area contributed by atoms with Crippen molar-refractivity contribution >= 4 is 40.2 Å². The summed E-state index contributed by atoms with van der Waals surface area (Å²) in [6.07, 6.45) is -0.627. The lowest BCUT2D eigenvalue weighted by Gasteiger charge is -2.36. The molecule has 0 bridgehead atoms. The van der Waals surface area contributed by atoms with Crippen molar-refractivity contribution in [3.63, 3.8) is 0 Å². The van der Waals surface area contributed by atoms with Crippen LogP contribution in [0.25, 0.3) is 11.3 Å². The summed E-state index contributed by atoms with van der Waals surface area (Å²) >= 11 is 0. The van der Waals surface area contributed by atoms with Gasteiger partial charge < -0.3 is 30.3 Å². The van der Waals surface area contributed by atoms with Crippen LogP contribution in [-0.2, 0) is 9.53 Å². The van der Waals surface area contributed by atoms with Crippen LogP contribution in [0.4, 0.5) is 17.1 Å². The van der Waals surface area contributed by atoms with Gasteiger partial charge in [-0.2, -0.15) is 0 Å². The number of amides is 1. The van der Waals surface area contributed by atoms with Crippen molar-refractivity contribution in [1.29, 1.82) is 0 Å². The summed E-state index contributed by atoms with van der Waals surface area (Å²) in [5.41, 5.74) is 5.30. The molecule has 40 heavy (non-hydrogen) atoms. The largest absolute Gasteiger partial charge is 0.465 e. The van der Waals surface area contributed by atoms with E-state index in [1.54, 1.807) is 18.2 Å². The summed E-state index contributed by atoms with van der Waals surface area (Å²) in [5, 5.41) is 17.2. The number of nitrogens with zero attached hydrogens (tertiary/aromatic N) is 3. The van der Waals surface area contributed by atoms with Crippen molar-refractivity contribution in [2.45, 2.75) is 6.23 Å². The first-order valence-electron chi connectivity index (χ1n) is 13.4. The molecule has 9 heteroatoms. The molecule has 2 aliphatic rings. The number of likely N-dealkylation sites (N-methyl/N-ethyl adjacent to an activating group) is 2. The Morgan fingerprint density at radius 1 is 1.02 bits per heavy atom. The Kier molecular flexibility index (Phi) is 8.16. The van der Waals surface area contributed by atoms with E-state index >= 15 is 0 Å². The third-order valence-electron chi connectivity index (χ3n) is 7.51. The number of carbonyl (C=O) groups excluding carboxylic acids is 2. The van der Waals surface area contributed by atoms with Gasteiger partial charge in [0.2, 0.25) is 0 Å². The number of rotatable bonds is 8. The van der Waals surface area contributed by atoms with Crippen LogP contribution in [0.15, 0.2) is 72.8 Å². The fraction of sp³-hybridized carbons (Fsp3) is 0.290. The number of β-amino-alcohol motifs (C(OH)–C–C–N with tert-alkyl or cyclic N) is 1. The number of fused-ring (bicyclic) bond motifs is 1. The highest BCUT2D eigenvalue weighted by Crippen LogP contribution is 2.38. The molecule has 3 aromatic rings. The van der Waals surface area contributed by atoms with Gasteiger partial charge in [0.25, 0.3) is 5.91 Å². The SMILES string of the molecule is COC(=O)c1ccc2c(c1)NC(=O)/C2=C(\Nc1ccc(N(C)C(O)CN2CCN(C)CC2)cc1)c1ccccc1. The molecule has 1 amide bonds. The summed E-state index contributed by atoms with van der Waals surface area (Å²) in [6.45, 7) is 4.49. The summed E-state index contributed by atoms with van der Waals surface area (Å²) in [4.78, 5) is 31.7. The lowest BCUT2D eigenvalue weighted by atomic mass is 9.99. The van der Waals surface area contributed by atoms with Gasteiger partial charge in [0.15, 0.2) is 0 Å². The molecule has 0 radical (unpaired) electrons. The predicted octanol–water partition coefficient (Wildman–Crippen LogP) is 3.41. The van der Waals surface area contributed by atoms with Crippen molar-refractivity contribution in [1.82, 2.24) is 9.80 Å². The monoisotopic (exact) mass is 541 g/mol. The number of piperazine rings is 1. The number of nitrogens with one attached hydrogen (secondary N) is 2. The van der Waals surface area contributed by atoms with E-state index in [1.165, 1.54) is 7.11 Å². The molecule has 9 nitrogen and oxygen atoms in total. The molecule has 2 aliphatic heterocycles. The van der Waals surface area contributed by atoms with Crippen LogP contribution >= 0.6 is 0 Å². The Labute approximate surface area is 234 Å². The van der Waals surface area contributed by atoms with Crippen molar-refractivity contribution in [3.8, 4) is 0 Å². The third-order valence-corrected chi connectivity index (χ3v) is 7.51. The second-order valence-corrected chi connectivity index (χ2v) is 10.2. The third kappa shape index (κ3) is 5.86. The number of esters is 1. The van der Waals surface area contributed by atoms with Gasteiger partial charge in [0, 0.05) is 56.7 Å². The maximum Gasteiger partial charge on any atom is 0.337 e. The molecule has 5 rings (SSSR count). The molecule has 1 unspecified atom stereocenters. The van der Waals surface area contributed by atoms with Gasteiger partial charge in [-0.05, 0) is 49.0 Å². The zero-order chi connectivity index (χ0) is 28.2. The first-order valence-corrected chi connectivity index (χ1v) is 13.4. The van der Waals surface area contributed by atoms with E-state index in [2.05, 4.69) is 27.5 Å². The fourth-order valence-electron chi connectivity index (χ4n) is 5.03. The van der Waals surface area contributed by atoms with Gasteiger partial charge in [-0.15, -0.1) is 0 Å². The highest BCUT2D eigenvalue weighted by molar-refractivity contribution is 6.37. The van der Waals surface area contributed by atoms with Gasteiger partial charge in [0.1, 0.15) is 6.23 Å². The highest BCUT2D eigenvalue weighted by Gasteiger charge is 2.29. The van der Waals surface area contributed by atoms with Crippen LogP contribution < -0.4 is 15.5 Å². The number of benzene rings is 3.